The van der Waals surface area contributed by atoms with Crippen LogP contribution in [0.3, 0.4) is 0 Å². The van der Waals surface area contributed by atoms with Crippen molar-refractivity contribution in [3.63, 3.8) is 0 Å². The van der Waals surface area contributed by atoms with Gasteiger partial charge < -0.3 is 24.6 Å². The van der Waals surface area contributed by atoms with E-state index in [9.17, 15) is 19.1 Å². The van der Waals surface area contributed by atoms with Crippen LogP contribution in [-0.4, -0.2) is 55.0 Å². The Labute approximate surface area is 159 Å². The Morgan fingerprint density at radius 1 is 1.32 bits per heavy atom. The number of anilines is 1. The van der Waals surface area contributed by atoms with E-state index in [-0.39, 0.29) is 34.8 Å². The summed E-state index contributed by atoms with van der Waals surface area (Å²) >= 11 is 0. The number of nitrogens with one attached hydrogen (secondary N) is 1. The molecule has 2 atom stereocenters. The van der Waals surface area contributed by atoms with E-state index >= 15 is 4.39 Å². The van der Waals surface area contributed by atoms with Crippen molar-refractivity contribution < 1.29 is 23.4 Å². The number of likely N-dealkylation sites (N-methyl/N-ethyl adjacent to an activating group) is 1. The number of pyridine rings is 1. The molecule has 1 saturated carbocycles. The van der Waals surface area contributed by atoms with Gasteiger partial charge in [0.05, 0.1) is 23.0 Å². The van der Waals surface area contributed by atoms with E-state index in [1.165, 1.54) is 10.8 Å². The lowest BCUT2D eigenvalue weighted by Gasteiger charge is -2.22. The normalized spacial score (nSPS) is 22.2. The number of carboxylic acids is 1. The highest BCUT2D eigenvalue weighted by Gasteiger charge is 2.36. The number of benzene rings is 1. The quantitative estimate of drug-likeness (QED) is 0.805. The topological polar surface area (TPSA) is 83.8 Å². The van der Waals surface area contributed by atoms with Crippen molar-refractivity contribution in [3.8, 4) is 0 Å². The number of halogens is 2. The molecule has 7 nitrogen and oxygen atoms in total. The number of carboxylic acid groups (broad SMARTS) is 1. The standard InChI is InChI=1S/C19H21F2N3O4/c1-22-13-7-23(8-14(13)28-2)17-12(20)5-10-16(15(17)21)24(9-3-4-9)6-11(18(10)25)19(26)27/h5-6,9,13-14,22H,3-4,7-8H2,1-2H3,(H,26,27)/t13-,14-/m0/s1. The zero-order valence-electron chi connectivity index (χ0n) is 15.5. The summed E-state index contributed by atoms with van der Waals surface area (Å²) in [7, 11) is 3.30. The molecule has 1 aromatic heterocycles. The van der Waals surface area contributed by atoms with Crippen LogP contribution in [0, 0.1) is 11.6 Å². The van der Waals surface area contributed by atoms with E-state index in [1.807, 2.05) is 0 Å². The predicted octanol–water partition coefficient (Wildman–Crippen LogP) is 1.74. The Morgan fingerprint density at radius 2 is 2.04 bits per heavy atom. The lowest BCUT2D eigenvalue weighted by molar-refractivity contribution is 0.0694. The molecular formula is C19H21F2N3O4. The first-order valence-electron chi connectivity index (χ1n) is 9.12. The van der Waals surface area contributed by atoms with E-state index in [2.05, 4.69) is 5.32 Å². The highest BCUT2D eigenvalue weighted by molar-refractivity contribution is 5.94. The van der Waals surface area contributed by atoms with Crippen LogP contribution in [0.5, 0.6) is 0 Å². The van der Waals surface area contributed by atoms with Gasteiger partial charge in [0.15, 0.2) is 5.82 Å². The zero-order valence-corrected chi connectivity index (χ0v) is 15.5. The highest BCUT2D eigenvalue weighted by atomic mass is 19.1. The maximum Gasteiger partial charge on any atom is 0.341 e. The number of hydrogen-bond acceptors (Lipinski definition) is 5. The van der Waals surface area contributed by atoms with Crippen LogP contribution in [0.1, 0.15) is 29.2 Å². The Morgan fingerprint density at radius 3 is 2.57 bits per heavy atom. The first-order chi connectivity index (χ1) is 13.4. The third-order valence-electron chi connectivity index (χ3n) is 5.61. The number of aromatic nitrogens is 1. The first-order valence-corrected chi connectivity index (χ1v) is 9.12. The summed E-state index contributed by atoms with van der Waals surface area (Å²) in [5.41, 5.74) is -1.63. The average Bonchev–Trinajstić information content (AvgIpc) is 3.42. The van der Waals surface area contributed by atoms with Crippen molar-refractivity contribution >= 4 is 22.6 Å². The van der Waals surface area contributed by atoms with Gasteiger partial charge in [-0.2, -0.15) is 0 Å². The second-order valence-electron chi connectivity index (χ2n) is 7.31. The van der Waals surface area contributed by atoms with Crippen LogP contribution < -0.4 is 15.6 Å². The molecule has 28 heavy (non-hydrogen) atoms. The molecular weight excluding hydrogens is 372 g/mol. The number of fused-ring (bicyclic) bond motifs is 1. The maximum atomic E-state index is 15.6. The summed E-state index contributed by atoms with van der Waals surface area (Å²) in [6.07, 6.45) is 2.44. The minimum Gasteiger partial charge on any atom is -0.477 e. The van der Waals surface area contributed by atoms with Gasteiger partial charge in [-0.3, -0.25) is 4.79 Å². The first kappa shape index (κ1) is 18.8. The molecule has 0 unspecified atom stereocenters. The smallest absolute Gasteiger partial charge is 0.341 e. The Kier molecular flexibility index (Phi) is 4.59. The number of rotatable bonds is 5. The lowest BCUT2D eigenvalue weighted by atomic mass is 10.1. The Hall–Kier alpha value is -2.52. The summed E-state index contributed by atoms with van der Waals surface area (Å²) in [4.78, 5) is 25.5. The lowest BCUT2D eigenvalue weighted by Crippen LogP contribution is -2.37. The molecule has 9 heteroatoms. The van der Waals surface area contributed by atoms with Crippen LogP contribution in [-0.2, 0) is 4.74 Å². The van der Waals surface area contributed by atoms with E-state index in [4.69, 9.17) is 4.74 Å². The molecule has 1 saturated heterocycles. The molecule has 2 N–H and O–H groups in total. The van der Waals surface area contributed by atoms with Crippen LogP contribution in [0.25, 0.3) is 10.9 Å². The van der Waals surface area contributed by atoms with Gasteiger partial charge in [0, 0.05) is 32.4 Å². The second-order valence-corrected chi connectivity index (χ2v) is 7.31. The maximum absolute atomic E-state index is 15.6. The molecule has 150 valence electrons. The molecule has 2 heterocycles. The van der Waals surface area contributed by atoms with E-state index in [0.717, 1.165) is 18.9 Å². The SMILES string of the molecule is CN[C@H]1CN(c2c(F)cc3c(=O)c(C(=O)O)cn(C4CC4)c3c2F)C[C@@H]1OC. The van der Waals surface area contributed by atoms with Gasteiger partial charge in [0.2, 0.25) is 5.43 Å². The average molecular weight is 393 g/mol. The monoisotopic (exact) mass is 393 g/mol. The third-order valence-corrected chi connectivity index (χ3v) is 5.61. The van der Waals surface area contributed by atoms with Gasteiger partial charge in [-0.15, -0.1) is 0 Å². The van der Waals surface area contributed by atoms with E-state index in [1.54, 1.807) is 19.1 Å². The third kappa shape index (κ3) is 2.85. The van der Waals surface area contributed by atoms with Crippen LogP contribution in [0.2, 0.25) is 0 Å². The summed E-state index contributed by atoms with van der Waals surface area (Å²) in [6.45, 7) is 0.636. The van der Waals surface area contributed by atoms with E-state index < -0.39 is 28.6 Å². The van der Waals surface area contributed by atoms with Gasteiger partial charge in [-0.25, -0.2) is 13.6 Å². The molecule has 4 rings (SSSR count). The number of aromatic carboxylic acids is 1. The molecule has 0 bridgehead atoms. The fourth-order valence-electron chi connectivity index (χ4n) is 3.99. The molecule has 0 radical (unpaired) electrons. The summed E-state index contributed by atoms with van der Waals surface area (Å²) in [5.74, 6) is -3.15. The second kappa shape index (κ2) is 6.82. The minimum atomic E-state index is -1.41. The molecule has 1 aromatic carbocycles. The fraction of sp³-hybridized carbons (Fsp3) is 0.474. The largest absolute Gasteiger partial charge is 0.477 e. The van der Waals surface area contributed by atoms with Gasteiger partial charge in [0.1, 0.15) is 17.1 Å². The van der Waals surface area contributed by atoms with Gasteiger partial charge in [0.25, 0.3) is 0 Å². The molecule has 2 fully saturated rings. The molecule has 2 aliphatic rings. The molecule has 0 amide bonds. The zero-order chi connectivity index (χ0) is 20.2. The Balaban J connectivity index is 1.93. The van der Waals surface area contributed by atoms with Crippen molar-refractivity contribution in [2.24, 2.45) is 0 Å². The number of hydrogen-bond donors (Lipinski definition) is 2. The summed E-state index contributed by atoms with van der Waals surface area (Å²) in [6, 6.07) is 0.763. The molecule has 1 aliphatic carbocycles. The summed E-state index contributed by atoms with van der Waals surface area (Å²) in [5, 5.41) is 12.1. The van der Waals surface area contributed by atoms with Gasteiger partial charge >= 0.3 is 5.97 Å². The van der Waals surface area contributed by atoms with Crippen LogP contribution in [0.4, 0.5) is 14.5 Å². The predicted molar refractivity (Wildman–Crippen MR) is 99.2 cm³/mol. The van der Waals surface area contributed by atoms with Gasteiger partial charge in [-0.05, 0) is 26.0 Å². The van der Waals surface area contributed by atoms with Crippen molar-refractivity contribution in [1.29, 1.82) is 0 Å². The van der Waals surface area contributed by atoms with Crippen molar-refractivity contribution in [3.05, 3.63) is 39.7 Å². The fourth-order valence-corrected chi connectivity index (χ4v) is 3.99. The van der Waals surface area contributed by atoms with Crippen molar-refractivity contribution in [1.82, 2.24) is 9.88 Å². The number of carbonyl (C=O) groups is 1. The van der Waals surface area contributed by atoms with Crippen LogP contribution >= 0.6 is 0 Å². The number of methoxy groups -OCH3 is 1. The summed E-state index contributed by atoms with van der Waals surface area (Å²) < 4.78 is 37.3. The molecule has 2 aromatic rings. The minimum absolute atomic E-state index is 0.0456. The Bertz CT molecular complexity index is 1010. The van der Waals surface area contributed by atoms with E-state index in [0.29, 0.717) is 13.1 Å². The number of nitrogens with zero attached hydrogens (tertiary/aromatic N) is 2. The molecule has 0 spiro atoms. The van der Waals surface area contributed by atoms with Crippen LogP contribution in [0.15, 0.2) is 17.1 Å². The molecule has 1 aliphatic heterocycles. The van der Waals surface area contributed by atoms with Gasteiger partial charge in [-0.1, -0.05) is 0 Å². The van der Waals surface area contributed by atoms with Crippen molar-refractivity contribution in [2.75, 3.05) is 32.1 Å². The number of ether oxygens (including phenoxy) is 1. The van der Waals surface area contributed by atoms with Crippen molar-refractivity contribution in [2.45, 2.75) is 31.0 Å². The highest BCUT2D eigenvalue weighted by Crippen LogP contribution is 2.40.